The summed E-state index contributed by atoms with van der Waals surface area (Å²) in [6, 6.07) is 0. The van der Waals surface area contributed by atoms with E-state index in [1.54, 1.807) is 0 Å². The SMILES string of the molecule is CCCCCCCCCCCCCCCCCCCCCC(=O)OC[C@@H](COC(=O)CCCCCCCCCCCC)OC(=O)CCCCCCCCCCCCCCCCCCCC. The topological polar surface area (TPSA) is 78.9 Å². The lowest BCUT2D eigenvalue weighted by Gasteiger charge is -2.18. The molecule has 0 aromatic heterocycles. The second-order valence-corrected chi connectivity index (χ2v) is 20.3. The van der Waals surface area contributed by atoms with Gasteiger partial charge in [0.1, 0.15) is 13.2 Å². The van der Waals surface area contributed by atoms with Crippen LogP contribution in [0.25, 0.3) is 0 Å². The minimum absolute atomic E-state index is 0.0612. The highest BCUT2D eigenvalue weighted by atomic mass is 16.6. The maximum atomic E-state index is 12.8. The molecular weight excluding hydrogens is 805 g/mol. The molecular formula is C59H114O6. The van der Waals surface area contributed by atoms with E-state index in [0.717, 1.165) is 57.8 Å². The van der Waals surface area contributed by atoms with Crippen molar-refractivity contribution in [3.63, 3.8) is 0 Å². The Labute approximate surface area is 406 Å². The Balaban J connectivity index is 4.21. The number of carbonyl (C=O) groups is 3. The van der Waals surface area contributed by atoms with Crippen molar-refractivity contribution in [1.29, 1.82) is 0 Å². The average molecular weight is 920 g/mol. The minimum Gasteiger partial charge on any atom is -0.462 e. The summed E-state index contributed by atoms with van der Waals surface area (Å²) in [6.45, 7) is 6.70. The number of unbranched alkanes of at least 4 members (excludes halogenated alkanes) is 44. The van der Waals surface area contributed by atoms with Crippen molar-refractivity contribution >= 4 is 17.9 Å². The normalized spacial score (nSPS) is 11.9. The van der Waals surface area contributed by atoms with Gasteiger partial charge in [0.05, 0.1) is 0 Å². The van der Waals surface area contributed by atoms with Crippen LogP contribution >= 0.6 is 0 Å². The first kappa shape index (κ1) is 63.4. The van der Waals surface area contributed by atoms with Crippen molar-refractivity contribution in [2.24, 2.45) is 0 Å². The van der Waals surface area contributed by atoms with Gasteiger partial charge in [0.25, 0.3) is 0 Å². The molecule has 386 valence electrons. The molecule has 0 saturated carbocycles. The van der Waals surface area contributed by atoms with Gasteiger partial charge in [0.15, 0.2) is 6.10 Å². The van der Waals surface area contributed by atoms with E-state index in [2.05, 4.69) is 20.8 Å². The third-order valence-corrected chi connectivity index (χ3v) is 13.6. The zero-order valence-electron chi connectivity index (χ0n) is 44.3. The Morgan fingerprint density at radius 1 is 0.246 bits per heavy atom. The second-order valence-electron chi connectivity index (χ2n) is 20.3. The maximum absolute atomic E-state index is 12.8. The molecule has 1 atom stereocenters. The third-order valence-electron chi connectivity index (χ3n) is 13.6. The van der Waals surface area contributed by atoms with Crippen molar-refractivity contribution in [3.8, 4) is 0 Å². The monoisotopic (exact) mass is 919 g/mol. The van der Waals surface area contributed by atoms with Gasteiger partial charge in [-0.05, 0) is 19.3 Å². The maximum Gasteiger partial charge on any atom is 0.306 e. The highest BCUT2D eigenvalue weighted by Gasteiger charge is 2.19. The van der Waals surface area contributed by atoms with Crippen LogP contribution in [0.2, 0.25) is 0 Å². The summed E-state index contributed by atoms with van der Waals surface area (Å²) in [6.07, 6.45) is 61.0. The summed E-state index contributed by atoms with van der Waals surface area (Å²) in [5.41, 5.74) is 0. The Morgan fingerprint density at radius 2 is 0.415 bits per heavy atom. The van der Waals surface area contributed by atoms with Crippen molar-refractivity contribution in [2.45, 2.75) is 348 Å². The van der Waals surface area contributed by atoms with Crippen LogP contribution in [0.15, 0.2) is 0 Å². The standard InChI is InChI=1S/C59H114O6/c1-4-7-10-13-16-19-22-24-26-28-30-32-33-35-37-40-43-46-49-52-58(61)64-55-56(54-63-57(60)51-48-45-42-39-21-18-15-12-9-6-3)65-59(62)53-50-47-44-41-38-36-34-31-29-27-25-23-20-17-14-11-8-5-2/h56H,4-55H2,1-3H3/t56-/m1/s1. The van der Waals surface area contributed by atoms with Gasteiger partial charge >= 0.3 is 17.9 Å². The fourth-order valence-corrected chi connectivity index (χ4v) is 9.15. The van der Waals surface area contributed by atoms with Crippen LogP contribution in [0.4, 0.5) is 0 Å². The smallest absolute Gasteiger partial charge is 0.306 e. The molecule has 0 fully saturated rings. The van der Waals surface area contributed by atoms with Gasteiger partial charge in [-0.25, -0.2) is 0 Å². The van der Waals surface area contributed by atoms with E-state index in [4.69, 9.17) is 14.2 Å². The second kappa shape index (κ2) is 55.0. The first-order valence-electron chi connectivity index (χ1n) is 29.5. The lowest BCUT2D eigenvalue weighted by atomic mass is 10.0. The van der Waals surface area contributed by atoms with E-state index >= 15 is 0 Å². The molecule has 0 unspecified atom stereocenters. The van der Waals surface area contributed by atoms with Gasteiger partial charge in [-0.15, -0.1) is 0 Å². The van der Waals surface area contributed by atoms with E-state index in [-0.39, 0.29) is 31.1 Å². The third kappa shape index (κ3) is 53.2. The van der Waals surface area contributed by atoms with Crippen LogP contribution < -0.4 is 0 Å². The number of carbonyl (C=O) groups excluding carboxylic acids is 3. The summed E-state index contributed by atoms with van der Waals surface area (Å²) < 4.78 is 16.9. The summed E-state index contributed by atoms with van der Waals surface area (Å²) >= 11 is 0. The summed E-state index contributed by atoms with van der Waals surface area (Å²) in [5.74, 6) is -0.833. The van der Waals surface area contributed by atoms with Gasteiger partial charge in [-0.1, -0.05) is 303 Å². The van der Waals surface area contributed by atoms with E-state index in [0.29, 0.717) is 19.3 Å². The van der Waals surface area contributed by atoms with Crippen LogP contribution in [-0.2, 0) is 28.6 Å². The number of hydrogen-bond acceptors (Lipinski definition) is 6. The molecule has 0 bridgehead atoms. The molecule has 0 amide bonds. The van der Waals surface area contributed by atoms with Crippen molar-refractivity contribution < 1.29 is 28.6 Å². The molecule has 0 aromatic carbocycles. The Hall–Kier alpha value is -1.59. The summed E-state index contributed by atoms with van der Waals surface area (Å²) in [5, 5.41) is 0. The Kier molecular flexibility index (Phi) is 53.7. The number of ether oxygens (including phenoxy) is 3. The molecule has 0 N–H and O–H groups in total. The molecule has 0 spiro atoms. The average Bonchev–Trinajstić information content (AvgIpc) is 3.30. The first-order valence-corrected chi connectivity index (χ1v) is 29.5. The molecule has 6 nitrogen and oxygen atoms in total. The first-order chi connectivity index (χ1) is 32.0. The van der Waals surface area contributed by atoms with Crippen LogP contribution in [-0.4, -0.2) is 37.2 Å². The molecule has 0 saturated heterocycles. The predicted molar refractivity (Wildman–Crippen MR) is 280 cm³/mol. The van der Waals surface area contributed by atoms with Gasteiger partial charge in [-0.2, -0.15) is 0 Å². The van der Waals surface area contributed by atoms with Crippen LogP contribution in [0.5, 0.6) is 0 Å². The molecule has 0 aromatic rings. The number of hydrogen-bond donors (Lipinski definition) is 0. The zero-order chi connectivity index (χ0) is 47.2. The zero-order valence-corrected chi connectivity index (χ0v) is 44.3. The van der Waals surface area contributed by atoms with Crippen molar-refractivity contribution in [3.05, 3.63) is 0 Å². The molecule has 0 rings (SSSR count). The molecule has 65 heavy (non-hydrogen) atoms. The van der Waals surface area contributed by atoms with E-state index in [1.807, 2.05) is 0 Å². The largest absolute Gasteiger partial charge is 0.462 e. The number of rotatable bonds is 55. The lowest BCUT2D eigenvalue weighted by molar-refractivity contribution is -0.167. The predicted octanol–water partition coefficient (Wildman–Crippen LogP) is 19.5. The van der Waals surface area contributed by atoms with Crippen LogP contribution in [0.3, 0.4) is 0 Å². The van der Waals surface area contributed by atoms with Gasteiger partial charge in [0, 0.05) is 19.3 Å². The molecule has 0 aliphatic rings. The van der Waals surface area contributed by atoms with E-state index < -0.39 is 6.10 Å². The minimum atomic E-state index is -0.760. The molecule has 0 radical (unpaired) electrons. The van der Waals surface area contributed by atoms with Crippen LogP contribution in [0, 0.1) is 0 Å². The van der Waals surface area contributed by atoms with Crippen LogP contribution in [0.1, 0.15) is 342 Å². The highest BCUT2D eigenvalue weighted by molar-refractivity contribution is 5.71. The molecule has 6 heteroatoms. The summed E-state index contributed by atoms with van der Waals surface area (Å²) in [4.78, 5) is 38.1. The highest BCUT2D eigenvalue weighted by Crippen LogP contribution is 2.18. The summed E-state index contributed by atoms with van der Waals surface area (Å²) in [7, 11) is 0. The van der Waals surface area contributed by atoms with E-state index in [1.165, 1.54) is 244 Å². The van der Waals surface area contributed by atoms with Gasteiger partial charge < -0.3 is 14.2 Å². The quantitative estimate of drug-likeness (QED) is 0.0344. The Morgan fingerprint density at radius 3 is 0.615 bits per heavy atom. The van der Waals surface area contributed by atoms with Gasteiger partial charge in [0.2, 0.25) is 0 Å². The van der Waals surface area contributed by atoms with E-state index in [9.17, 15) is 14.4 Å². The van der Waals surface area contributed by atoms with Crippen molar-refractivity contribution in [2.75, 3.05) is 13.2 Å². The molecule has 0 aliphatic heterocycles. The molecule has 0 aliphatic carbocycles. The number of esters is 3. The lowest BCUT2D eigenvalue weighted by Crippen LogP contribution is -2.30. The van der Waals surface area contributed by atoms with Crippen molar-refractivity contribution in [1.82, 2.24) is 0 Å². The van der Waals surface area contributed by atoms with Gasteiger partial charge in [-0.3, -0.25) is 14.4 Å². The molecule has 0 heterocycles. The fourth-order valence-electron chi connectivity index (χ4n) is 9.15. The Bertz CT molecular complexity index is 967. The fraction of sp³-hybridized carbons (Fsp3) is 0.949.